The number of carbonyl (C=O) groups is 1. The third-order valence-corrected chi connectivity index (χ3v) is 2.84. The van der Waals surface area contributed by atoms with Crippen LogP contribution in [0.4, 0.5) is 0 Å². The molecule has 0 aromatic carbocycles. The third kappa shape index (κ3) is 8.15. The molecule has 0 aromatic rings. The van der Waals surface area contributed by atoms with Gasteiger partial charge in [0.1, 0.15) is 24.4 Å². The fourth-order valence-corrected chi connectivity index (χ4v) is 1.81. The second-order valence-corrected chi connectivity index (χ2v) is 5.70. The van der Waals surface area contributed by atoms with E-state index in [4.69, 9.17) is 5.11 Å². The van der Waals surface area contributed by atoms with E-state index < -0.39 is 46.7 Å². The number of aliphatic hydroxyl groups excluding tert-OH is 3. The van der Waals surface area contributed by atoms with Crippen molar-refractivity contribution in [2.24, 2.45) is 0 Å². The van der Waals surface area contributed by atoms with Gasteiger partial charge in [-0.05, 0) is 0 Å². The summed E-state index contributed by atoms with van der Waals surface area (Å²) in [5, 5.41) is 27.7. The third-order valence-electron chi connectivity index (χ3n) is 1.87. The Labute approximate surface area is 112 Å². The molecular formula is C6H10O12P2-4. The summed E-state index contributed by atoms with van der Waals surface area (Å²) < 4.78 is 27.5. The number of carbonyl (C=O) groups excluding carboxylic acids is 1. The molecule has 0 rings (SSSR count). The summed E-state index contributed by atoms with van der Waals surface area (Å²) in [6, 6.07) is 0. The Hall–Kier alpha value is -0.230. The monoisotopic (exact) mass is 336 g/mol. The lowest BCUT2D eigenvalue weighted by Crippen LogP contribution is -2.48. The van der Waals surface area contributed by atoms with Crippen LogP contribution in [0.15, 0.2) is 0 Å². The molecule has 0 spiro atoms. The van der Waals surface area contributed by atoms with Crippen molar-refractivity contribution in [2.75, 3.05) is 6.61 Å². The molecule has 0 aliphatic carbocycles. The van der Waals surface area contributed by atoms with E-state index in [-0.39, 0.29) is 6.29 Å². The highest BCUT2D eigenvalue weighted by atomic mass is 31.2. The van der Waals surface area contributed by atoms with Gasteiger partial charge in [0, 0.05) is 0 Å². The highest BCUT2D eigenvalue weighted by molar-refractivity contribution is 7.43. The lowest BCUT2D eigenvalue weighted by Gasteiger charge is -2.35. The van der Waals surface area contributed by atoms with Crippen LogP contribution in [-0.2, 0) is 23.0 Å². The number of phosphoric ester groups is 2. The topological polar surface area (TPSA) is 223 Å². The molecule has 14 heteroatoms. The van der Waals surface area contributed by atoms with Crippen molar-refractivity contribution in [3.63, 3.8) is 0 Å². The quantitative estimate of drug-likeness (QED) is 0.264. The first-order valence-electron chi connectivity index (χ1n) is 4.74. The van der Waals surface area contributed by atoms with Crippen molar-refractivity contribution in [1.82, 2.24) is 0 Å². The number of aliphatic hydroxyl groups is 3. The standard InChI is InChI=1S/C6H14O12P2/c7-1-4(18-20(14,15)16)6(10)5(9)3(8)2-17-19(11,12)13/h1,3-6,8-10H,2H2,(H2,11,12,13)(H2,14,15,16)/p-4/t3-,4+,5-,6-/m1/s1. The van der Waals surface area contributed by atoms with E-state index in [2.05, 4.69) is 9.05 Å². The Morgan fingerprint density at radius 3 is 1.85 bits per heavy atom. The van der Waals surface area contributed by atoms with Gasteiger partial charge >= 0.3 is 0 Å². The van der Waals surface area contributed by atoms with Crippen LogP contribution < -0.4 is 19.6 Å². The largest absolute Gasteiger partial charge is 0.790 e. The van der Waals surface area contributed by atoms with Crippen LogP contribution in [-0.4, -0.2) is 52.6 Å². The van der Waals surface area contributed by atoms with E-state index in [0.717, 1.165) is 0 Å². The Kier molecular flexibility index (Phi) is 7.60. The highest BCUT2D eigenvalue weighted by Gasteiger charge is 2.32. The zero-order chi connectivity index (χ0) is 16.1. The van der Waals surface area contributed by atoms with Crippen LogP contribution in [0.2, 0.25) is 0 Å². The predicted octanol–water partition coefficient (Wildman–Crippen LogP) is -5.67. The first-order chi connectivity index (χ1) is 8.87. The van der Waals surface area contributed by atoms with Gasteiger partial charge in [-0.2, -0.15) is 0 Å². The van der Waals surface area contributed by atoms with E-state index >= 15 is 0 Å². The zero-order valence-corrected chi connectivity index (χ0v) is 11.3. The Bertz CT molecular complexity index is 399. The van der Waals surface area contributed by atoms with E-state index in [1.807, 2.05) is 0 Å². The molecule has 12 nitrogen and oxygen atoms in total. The smallest absolute Gasteiger partial charge is 0.151 e. The maximum Gasteiger partial charge on any atom is 0.151 e. The van der Waals surface area contributed by atoms with Gasteiger partial charge in [0.15, 0.2) is 6.29 Å². The maximum absolute atomic E-state index is 10.4. The van der Waals surface area contributed by atoms with Gasteiger partial charge < -0.3 is 57.9 Å². The average Bonchev–Trinajstić information content (AvgIpc) is 2.29. The van der Waals surface area contributed by atoms with E-state index in [1.165, 1.54) is 0 Å². The van der Waals surface area contributed by atoms with Gasteiger partial charge in [0.05, 0.1) is 22.3 Å². The molecular weight excluding hydrogens is 326 g/mol. The Balaban J connectivity index is 4.64. The number of hydrogen-bond acceptors (Lipinski definition) is 12. The van der Waals surface area contributed by atoms with Gasteiger partial charge in [0.25, 0.3) is 0 Å². The normalized spacial score (nSPS) is 19.1. The Morgan fingerprint density at radius 1 is 1.00 bits per heavy atom. The molecule has 4 atom stereocenters. The van der Waals surface area contributed by atoms with Crippen LogP contribution in [0.5, 0.6) is 0 Å². The summed E-state index contributed by atoms with van der Waals surface area (Å²) in [4.78, 5) is 51.1. The second kappa shape index (κ2) is 7.69. The van der Waals surface area contributed by atoms with Crippen LogP contribution in [0.25, 0.3) is 0 Å². The van der Waals surface area contributed by atoms with Crippen LogP contribution in [0.1, 0.15) is 0 Å². The molecule has 120 valence electrons. The molecule has 0 aliphatic rings. The maximum atomic E-state index is 10.4. The van der Waals surface area contributed by atoms with Gasteiger partial charge in [-0.1, -0.05) is 0 Å². The highest BCUT2D eigenvalue weighted by Crippen LogP contribution is 2.29. The molecule has 0 aromatic heterocycles. The zero-order valence-electron chi connectivity index (χ0n) is 9.50. The van der Waals surface area contributed by atoms with E-state index in [1.54, 1.807) is 0 Å². The first-order valence-corrected chi connectivity index (χ1v) is 7.66. The van der Waals surface area contributed by atoms with Crippen molar-refractivity contribution in [2.45, 2.75) is 24.4 Å². The second-order valence-electron chi connectivity index (χ2n) is 3.44. The number of hydrogen-bond donors (Lipinski definition) is 3. The lowest BCUT2D eigenvalue weighted by atomic mass is 10.0. The molecule has 0 radical (unpaired) electrons. The van der Waals surface area contributed by atoms with Crippen molar-refractivity contribution in [1.29, 1.82) is 0 Å². The minimum Gasteiger partial charge on any atom is -0.790 e. The fraction of sp³-hybridized carbons (Fsp3) is 0.833. The van der Waals surface area contributed by atoms with Gasteiger partial charge in [-0.25, -0.2) is 0 Å². The molecule has 0 unspecified atom stereocenters. The van der Waals surface area contributed by atoms with Crippen molar-refractivity contribution >= 4 is 21.9 Å². The van der Waals surface area contributed by atoms with Gasteiger partial charge in [-0.3, -0.25) is 0 Å². The summed E-state index contributed by atoms with van der Waals surface area (Å²) in [7, 11) is -11.1. The molecule has 0 heterocycles. The number of rotatable bonds is 9. The average molecular weight is 336 g/mol. The molecule has 0 saturated heterocycles. The molecule has 0 fully saturated rings. The van der Waals surface area contributed by atoms with Gasteiger partial charge in [-0.15, -0.1) is 0 Å². The number of phosphoric acid groups is 2. The molecule has 0 saturated carbocycles. The van der Waals surface area contributed by atoms with E-state index in [0.29, 0.717) is 0 Å². The van der Waals surface area contributed by atoms with E-state index in [9.17, 15) is 43.7 Å². The number of aldehydes is 1. The SMILES string of the molecule is O=C[C@H](OP(=O)([O-])[O-])[C@@H](O)[C@H](O)[C@H](O)COP(=O)([O-])[O-]. The summed E-state index contributed by atoms with van der Waals surface area (Å²) in [5.41, 5.74) is 0. The summed E-state index contributed by atoms with van der Waals surface area (Å²) in [6.07, 6.45) is -9.56. The van der Waals surface area contributed by atoms with Crippen LogP contribution in [0.3, 0.4) is 0 Å². The summed E-state index contributed by atoms with van der Waals surface area (Å²) in [5.74, 6) is 0. The van der Waals surface area contributed by atoms with Crippen molar-refractivity contribution < 1.29 is 57.9 Å². The molecule has 3 N–H and O–H groups in total. The molecule has 20 heavy (non-hydrogen) atoms. The van der Waals surface area contributed by atoms with Crippen LogP contribution >= 0.6 is 15.6 Å². The fourth-order valence-electron chi connectivity index (χ4n) is 1.00. The van der Waals surface area contributed by atoms with Crippen molar-refractivity contribution in [3.8, 4) is 0 Å². The predicted molar refractivity (Wildman–Crippen MR) is 50.1 cm³/mol. The van der Waals surface area contributed by atoms with Crippen molar-refractivity contribution in [3.05, 3.63) is 0 Å². The summed E-state index contributed by atoms with van der Waals surface area (Å²) in [6.45, 7) is -1.26. The minimum atomic E-state index is -5.66. The molecule has 0 amide bonds. The van der Waals surface area contributed by atoms with Gasteiger partial charge in [0.2, 0.25) is 0 Å². The first kappa shape index (κ1) is 19.8. The minimum absolute atomic E-state index is 0.337. The van der Waals surface area contributed by atoms with Crippen LogP contribution in [0, 0.1) is 0 Å². The Morgan fingerprint density at radius 2 is 1.50 bits per heavy atom. The summed E-state index contributed by atoms with van der Waals surface area (Å²) >= 11 is 0. The molecule has 0 bridgehead atoms. The lowest BCUT2D eigenvalue weighted by molar-refractivity contribution is -0.346. The molecule has 0 aliphatic heterocycles.